The predicted octanol–water partition coefficient (Wildman–Crippen LogP) is 18.3. The third kappa shape index (κ3) is 52.9. The molecule has 0 aliphatic carbocycles. The van der Waals surface area contributed by atoms with Crippen molar-refractivity contribution in [1.82, 2.24) is 0 Å². The molecule has 0 aromatic rings. The lowest BCUT2D eigenvalue weighted by Gasteiger charge is -2.18. The lowest BCUT2D eigenvalue weighted by molar-refractivity contribution is -0.167. The molecule has 1 unspecified atom stereocenters. The molecule has 1 atom stereocenters. The molecule has 0 aliphatic rings. The van der Waals surface area contributed by atoms with Gasteiger partial charge in [0.25, 0.3) is 0 Å². The average Bonchev–Trinajstić information content (AvgIpc) is 3.33. The second-order valence-electron chi connectivity index (χ2n) is 17.9. The Kier molecular flexibility index (Phi) is 51.5. The van der Waals surface area contributed by atoms with E-state index in [0.29, 0.717) is 19.3 Å². The Morgan fingerprint density at radius 2 is 0.582 bits per heavy atom. The third-order valence-electron chi connectivity index (χ3n) is 11.4. The first-order chi connectivity index (χ1) is 33.0. The summed E-state index contributed by atoms with van der Waals surface area (Å²) in [6.45, 7) is 6.41. The number of hydrogen-bond acceptors (Lipinski definition) is 6. The highest BCUT2D eigenvalue weighted by molar-refractivity contribution is 5.71. The van der Waals surface area contributed by atoms with Gasteiger partial charge in [-0.3, -0.25) is 14.4 Å². The Morgan fingerprint density at radius 1 is 0.313 bits per heavy atom. The van der Waals surface area contributed by atoms with E-state index < -0.39 is 6.10 Å². The minimum absolute atomic E-state index is 0.110. The minimum Gasteiger partial charge on any atom is -0.462 e. The highest BCUT2D eigenvalue weighted by Gasteiger charge is 2.19. The Balaban J connectivity index is 4.51. The topological polar surface area (TPSA) is 78.9 Å². The molecule has 6 nitrogen and oxygen atoms in total. The van der Waals surface area contributed by atoms with E-state index in [1.807, 2.05) is 36.5 Å². The van der Waals surface area contributed by atoms with Gasteiger partial charge in [-0.2, -0.15) is 0 Å². The number of ether oxygens (including phenoxy) is 3. The standard InChI is InChI=1S/C61H100O6/c1-4-7-10-13-16-19-22-25-27-29-31-33-36-39-42-45-48-51-54-60(63)66-57-58(56-65-59(62)53-50-47-44-41-38-35-24-21-18-15-12-9-6-3)67-61(64)55-52-49-46-43-40-37-34-32-30-28-26-23-20-17-14-11-8-5-2/h9,12,15,18,21-22,24-25,27-35,38,58H,4-8,10-11,13-14,16-17,19-20,23,26,36-37,39-57H2,1-3H3/b12-9+,18-15+,24-21+,25-22+,29-27+,30-28+,33-31+,34-32+,38-35+. The van der Waals surface area contributed by atoms with Crippen molar-refractivity contribution in [2.75, 3.05) is 13.2 Å². The quantitative estimate of drug-likeness (QED) is 0.0262. The van der Waals surface area contributed by atoms with Gasteiger partial charge in [-0.05, 0) is 89.9 Å². The van der Waals surface area contributed by atoms with Gasteiger partial charge in [0.05, 0.1) is 0 Å². The van der Waals surface area contributed by atoms with E-state index in [2.05, 4.69) is 93.7 Å². The van der Waals surface area contributed by atoms with Gasteiger partial charge in [0.1, 0.15) is 13.2 Å². The summed E-state index contributed by atoms with van der Waals surface area (Å²) in [4.78, 5) is 38.1. The first kappa shape index (κ1) is 63.1. The Morgan fingerprint density at radius 3 is 0.940 bits per heavy atom. The van der Waals surface area contributed by atoms with E-state index in [0.717, 1.165) is 116 Å². The van der Waals surface area contributed by atoms with Crippen LogP contribution in [0.3, 0.4) is 0 Å². The van der Waals surface area contributed by atoms with Crippen molar-refractivity contribution in [2.45, 2.75) is 245 Å². The van der Waals surface area contributed by atoms with Crippen LogP contribution in [0.25, 0.3) is 0 Å². The fourth-order valence-corrected chi connectivity index (χ4v) is 7.27. The smallest absolute Gasteiger partial charge is 0.306 e. The first-order valence-electron chi connectivity index (χ1n) is 27.5. The first-order valence-corrected chi connectivity index (χ1v) is 27.5. The number of esters is 3. The van der Waals surface area contributed by atoms with Crippen LogP contribution in [0.2, 0.25) is 0 Å². The molecular weight excluding hydrogens is 829 g/mol. The fraction of sp³-hybridized carbons (Fsp3) is 0.656. The molecule has 0 saturated heterocycles. The normalized spacial score (nSPS) is 12.9. The minimum atomic E-state index is -0.813. The number of carbonyl (C=O) groups is 3. The van der Waals surface area contributed by atoms with Crippen LogP contribution in [0.1, 0.15) is 239 Å². The average molecular weight is 929 g/mol. The van der Waals surface area contributed by atoms with Gasteiger partial charge in [0.2, 0.25) is 0 Å². The van der Waals surface area contributed by atoms with Crippen molar-refractivity contribution in [3.63, 3.8) is 0 Å². The van der Waals surface area contributed by atoms with Crippen molar-refractivity contribution < 1.29 is 28.6 Å². The van der Waals surface area contributed by atoms with Crippen molar-refractivity contribution >= 4 is 17.9 Å². The second kappa shape index (κ2) is 54.7. The van der Waals surface area contributed by atoms with Crippen LogP contribution >= 0.6 is 0 Å². The van der Waals surface area contributed by atoms with Crippen LogP contribution in [0.5, 0.6) is 0 Å². The zero-order valence-corrected chi connectivity index (χ0v) is 43.4. The molecule has 0 aromatic heterocycles. The number of carbonyl (C=O) groups excluding carboxylic acids is 3. The molecule has 0 radical (unpaired) electrons. The van der Waals surface area contributed by atoms with Crippen LogP contribution in [0, 0.1) is 0 Å². The summed E-state index contributed by atoms with van der Waals surface area (Å²) in [5, 5.41) is 0. The summed E-state index contributed by atoms with van der Waals surface area (Å²) in [5.41, 5.74) is 0. The Bertz CT molecular complexity index is 1390. The van der Waals surface area contributed by atoms with Gasteiger partial charge < -0.3 is 14.2 Å². The third-order valence-corrected chi connectivity index (χ3v) is 11.4. The van der Waals surface area contributed by atoms with E-state index in [-0.39, 0.29) is 31.1 Å². The molecule has 0 N–H and O–H groups in total. The molecule has 0 aliphatic heterocycles. The summed E-state index contributed by atoms with van der Waals surface area (Å²) in [6.07, 6.45) is 73.6. The zero-order valence-electron chi connectivity index (χ0n) is 43.4. The summed E-state index contributed by atoms with van der Waals surface area (Å²) in [5.74, 6) is -0.985. The van der Waals surface area contributed by atoms with Crippen LogP contribution in [0.15, 0.2) is 109 Å². The lowest BCUT2D eigenvalue weighted by atomic mass is 10.1. The van der Waals surface area contributed by atoms with Crippen molar-refractivity contribution in [3.05, 3.63) is 109 Å². The number of allylic oxidation sites excluding steroid dienone is 18. The summed E-state index contributed by atoms with van der Waals surface area (Å²) >= 11 is 0. The van der Waals surface area contributed by atoms with Gasteiger partial charge in [0.15, 0.2) is 6.10 Å². The van der Waals surface area contributed by atoms with Gasteiger partial charge in [-0.25, -0.2) is 0 Å². The van der Waals surface area contributed by atoms with E-state index in [1.54, 1.807) is 0 Å². The monoisotopic (exact) mass is 929 g/mol. The second-order valence-corrected chi connectivity index (χ2v) is 17.9. The number of rotatable bonds is 48. The Labute approximate surface area is 412 Å². The predicted molar refractivity (Wildman–Crippen MR) is 288 cm³/mol. The molecule has 6 heteroatoms. The summed E-state index contributed by atoms with van der Waals surface area (Å²) < 4.78 is 16.8. The molecule has 0 spiro atoms. The van der Waals surface area contributed by atoms with Crippen LogP contribution in [-0.4, -0.2) is 37.2 Å². The highest BCUT2D eigenvalue weighted by atomic mass is 16.6. The zero-order chi connectivity index (χ0) is 48.6. The fourth-order valence-electron chi connectivity index (χ4n) is 7.27. The van der Waals surface area contributed by atoms with E-state index in [4.69, 9.17) is 14.2 Å². The molecule has 0 bridgehead atoms. The maximum atomic E-state index is 12.8. The van der Waals surface area contributed by atoms with E-state index >= 15 is 0 Å². The molecule has 0 aromatic carbocycles. The number of unbranched alkanes of at least 4 members (excludes halogenated alkanes) is 25. The maximum Gasteiger partial charge on any atom is 0.306 e. The molecule has 67 heavy (non-hydrogen) atoms. The van der Waals surface area contributed by atoms with Crippen LogP contribution in [-0.2, 0) is 28.6 Å². The van der Waals surface area contributed by atoms with Gasteiger partial charge in [-0.15, -0.1) is 0 Å². The number of hydrogen-bond donors (Lipinski definition) is 0. The van der Waals surface area contributed by atoms with Crippen molar-refractivity contribution in [1.29, 1.82) is 0 Å². The van der Waals surface area contributed by atoms with E-state index in [1.165, 1.54) is 83.5 Å². The SMILES string of the molecule is CC/C=C/C=C/C=C/C=C/CCCCCC(=O)OCC(COC(=O)CCCCCCC/C=C/C=C/C=C/CCCCCCC)OC(=O)CCCCCCC/C=C/C=C/CCCCCCCCC. The van der Waals surface area contributed by atoms with Crippen LogP contribution in [0.4, 0.5) is 0 Å². The summed E-state index contributed by atoms with van der Waals surface area (Å²) in [6, 6.07) is 0. The molecular formula is C61H100O6. The highest BCUT2D eigenvalue weighted by Crippen LogP contribution is 2.13. The van der Waals surface area contributed by atoms with Crippen LogP contribution < -0.4 is 0 Å². The molecule has 0 rings (SSSR count). The summed E-state index contributed by atoms with van der Waals surface area (Å²) in [7, 11) is 0. The van der Waals surface area contributed by atoms with Crippen molar-refractivity contribution in [2.24, 2.45) is 0 Å². The van der Waals surface area contributed by atoms with Crippen molar-refractivity contribution in [3.8, 4) is 0 Å². The maximum absolute atomic E-state index is 12.8. The van der Waals surface area contributed by atoms with Gasteiger partial charge in [0, 0.05) is 19.3 Å². The molecule has 0 fully saturated rings. The Hall–Kier alpha value is -3.93. The molecule has 380 valence electrons. The van der Waals surface area contributed by atoms with Gasteiger partial charge >= 0.3 is 17.9 Å². The van der Waals surface area contributed by atoms with E-state index in [9.17, 15) is 14.4 Å². The largest absolute Gasteiger partial charge is 0.462 e. The van der Waals surface area contributed by atoms with Gasteiger partial charge in [-0.1, -0.05) is 239 Å². The lowest BCUT2D eigenvalue weighted by Crippen LogP contribution is -2.30. The molecule has 0 heterocycles. The molecule has 0 amide bonds. The molecule has 0 saturated carbocycles.